The number of aliphatic carboxylic acids is 1. The van der Waals surface area contributed by atoms with Gasteiger partial charge in [-0.25, -0.2) is 4.79 Å². The molecule has 0 unspecified atom stereocenters. The molecule has 2 rings (SSSR count). The second-order valence-electron chi connectivity index (χ2n) is 8.09. The van der Waals surface area contributed by atoms with Crippen molar-refractivity contribution >= 4 is 28.9 Å². The molecule has 0 aliphatic heterocycles. The van der Waals surface area contributed by atoms with Crippen LogP contribution < -0.4 is 5.73 Å². The van der Waals surface area contributed by atoms with Crippen LogP contribution in [0.15, 0.2) is 30.5 Å². The maximum Gasteiger partial charge on any atom is 0.410 e. The van der Waals surface area contributed by atoms with Gasteiger partial charge in [0.1, 0.15) is 11.6 Å². The third-order valence-electron chi connectivity index (χ3n) is 4.41. The summed E-state index contributed by atoms with van der Waals surface area (Å²) in [5, 5.41) is 9.88. The van der Waals surface area contributed by atoms with Crippen LogP contribution in [-0.4, -0.2) is 57.8 Å². The van der Waals surface area contributed by atoms with Crippen molar-refractivity contribution in [2.24, 2.45) is 5.73 Å². The Morgan fingerprint density at radius 3 is 2.52 bits per heavy atom. The van der Waals surface area contributed by atoms with Gasteiger partial charge in [-0.05, 0) is 38.8 Å². The summed E-state index contributed by atoms with van der Waals surface area (Å²) in [6.45, 7) is 5.78. The number of ether oxygens (including phenoxy) is 1. The molecule has 1 atom stereocenters. The SMILES string of the molecule is CN(CCCC(=O)n1cc(C[C@H](N)C(=O)O)c2ccccc21)C(=O)OC(C)(C)C. The summed E-state index contributed by atoms with van der Waals surface area (Å²) in [5.74, 6) is -1.22. The largest absolute Gasteiger partial charge is 0.480 e. The molecule has 2 aromatic rings. The molecule has 0 saturated carbocycles. The molecular formula is C21H29N3O5. The number of carbonyl (C=O) groups is 3. The van der Waals surface area contributed by atoms with E-state index in [1.807, 2.05) is 24.3 Å². The Kier molecular flexibility index (Phi) is 7.02. The maximum atomic E-state index is 12.8. The zero-order chi connectivity index (χ0) is 21.8. The van der Waals surface area contributed by atoms with Crippen LogP contribution in [0.5, 0.6) is 0 Å². The van der Waals surface area contributed by atoms with Gasteiger partial charge >= 0.3 is 12.1 Å². The molecule has 8 nitrogen and oxygen atoms in total. The number of aromatic nitrogens is 1. The Labute approximate surface area is 170 Å². The lowest BCUT2D eigenvalue weighted by Crippen LogP contribution is -2.35. The van der Waals surface area contributed by atoms with Crippen molar-refractivity contribution in [3.63, 3.8) is 0 Å². The number of benzene rings is 1. The van der Waals surface area contributed by atoms with Crippen LogP contribution in [0.4, 0.5) is 4.79 Å². The first-order valence-corrected chi connectivity index (χ1v) is 9.54. The average Bonchev–Trinajstić information content (AvgIpc) is 2.98. The predicted molar refractivity (Wildman–Crippen MR) is 110 cm³/mol. The zero-order valence-corrected chi connectivity index (χ0v) is 17.3. The average molecular weight is 403 g/mol. The molecular weight excluding hydrogens is 374 g/mol. The van der Waals surface area contributed by atoms with E-state index in [2.05, 4.69) is 0 Å². The summed E-state index contributed by atoms with van der Waals surface area (Å²) in [4.78, 5) is 37.3. The molecule has 29 heavy (non-hydrogen) atoms. The van der Waals surface area contributed by atoms with Crippen LogP contribution in [0.2, 0.25) is 0 Å². The third-order valence-corrected chi connectivity index (χ3v) is 4.41. The summed E-state index contributed by atoms with van der Waals surface area (Å²) >= 11 is 0. The molecule has 0 radical (unpaired) electrons. The molecule has 3 N–H and O–H groups in total. The van der Waals surface area contributed by atoms with Crippen LogP contribution in [0.25, 0.3) is 10.9 Å². The van der Waals surface area contributed by atoms with E-state index in [9.17, 15) is 14.4 Å². The minimum absolute atomic E-state index is 0.131. The summed E-state index contributed by atoms with van der Waals surface area (Å²) in [6, 6.07) is 6.29. The number of amides is 1. The summed E-state index contributed by atoms with van der Waals surface area (Å²) in [5.41, 5.74) is 6.53. The lowest BCUT2D eigenvalue weighted by atomic mass is 10.1. The molecule has 0 saturated heterocycles. The number of hydrogen-bond donors (Lipinski definition) is 2. The van der Waals surface area contributed by atoms with Crippen LogP contribution in [0.3, 0.4) is 0 Å². The van der Waals surface area contributed by atoms with Gasteiger partial charge in [0.05, 0.1) is 5.52 Å². The molecule has 158 valence electrons. The molecule has 1 aromatic heterocycles. The van der Waals surface area contributed by atoms with Gasteiger partial charge in [0.15, 0.2) is 0 Å². The van der Waals surface area contributed by atoms with Crippen molar-refractivity contribution < 1.29 is 24.2 Å². The first kappa shape index (κ1) is 22.4. The fraction of sp³-hybridized carbons (Fsp3) is 0.476. The van der Waals surface area contributed by atoms with E-state index in [-0.39, 0.29) is 18.7 Å². The number of hydrogen-bond acceptors (Lipinski definition) is 5. The number of carboxylic acid groups (broad SMARTS) is 1. The second-order valence-corrected chi connectivity index (χ2v) is 8.09. The first-order valence-electron chi connectivity index (χ1n) is 9.54. The predicted octanol–water partition coefficient (Wildman–Crippen LogP) is 2.88. The molecule has 0 aliphatic rings. The highest BCUT2D eigenvalue weighted by Gasteiger charge is 2.21. The van der Waals surface area contributed by atoms with Gasteiger partial charge in [-0.15, -0.1) is 0 Å². The number of nitrogens with zero attached hydrogens (tertiary/aromatic N) is 2. The van der Waals surface area contributed by atoms with Crippen molar-refractivity contribution in [2.45, 2.75) is 51.7 Å². The summed E-state index contributed by atoms with van der Waals surface area (Å²) < 4.78 is 6.83. The molecule has 0 fully saturated rings. The fourth-order valence-electron chi connectivity index (χ4n) is 2.96. The Hall–Kier alpha value is -2.87. The Balaban J connectivity index is 2.06. The quantitative estimate of drug-likeness (QED) is 0.735. The highest BCUT2D eigenvalue weighted by Crippen LogP contribution is 2.23. The van der Waals surface area contributed by atoms with E-state index >= 15 is 0 Å². The fourth-order valence-corrected chi connectivity index (χ4v) is 2.96. The number of rotatable bonds is 7. The van der Waals surface area contributed by atoms with Crippen LogP contribution in [-0.2, 0) is 16.0 Å². The highest BCUT2D eigenvalue weighted by molar-refractivity contribution is 5.94. The maximum absolute atomic E-state index is 12.8. The summed E-state index contributed by atoms with van der Waals surface area (Å²) in [6.07, 6.45) is 2.08. The van der Waals surface area contributed by atoms with Crippen molar-refractivity contribution in [2.75, 3.05) is 13.6 Å². The lowest BCUT2D eigenvalue weighted by molar-refractivity contribution is -0.138. The van der Waals surface area contributed by atoms with E-state index < -0.39 is 23.7 Å². The van der Waals surface area contributed by atoms with Gasteiger partial charge in [-0.2, -0.15) is 0 Å². The van der Waals surface area contributed by atoms with Crippen molar-refractivity contribution in [1.29, 1.82) is 0 Å². The topological polar surface area (TPSA) is 115 Å². The van der Waals surface area contributed by atoms with E-state index in [1.165, 1.54) is 9.47 Å². The van der Waals surface area contributed by atoms with E-state index in [4.69, 9.17) is 15.6 Å². The molecule has 8 heteroatoms. The molecule has 0 spiro atoms. The van der Waals surface area contributed by atoms with Gasteiger partial charge < -0.3 is 20.5 Å². The Morgan fingerprint density at radius 2 is 1.90 bits per heavy atom. The van der Waals surface area contributed by atoms with E-state index in [1.54, 1.807) is 34.0 Å². The number of nitrogens with two attached hydrogens (primary N) is 1. The number of carbonyl (C=O) groups excluding carboxylic acids is 2. The number of fused-ring (bicyclic) bond motifs is 1. The van der Waals surface area contributed by atoms with Gasteiger partial charge in [0.2, 0.25) is 5.91 Å². The minimum Gasteiger partial charge on any atom is -0.480 e. The van der Waals surface area contributed by atoms with Gasteiger partial charge in [0.25, 0.3) is 0 Å². The smallest absolute Gasteiger partial charge is 0.410 e. The standard InChI is InChI=1S/C21H29N3O5/c1-21(2,3)29-20(28)23(4)11-7-10-18(25)24-13-14(12-16(22)19(26)27)15-8-5-6-9-17(15)24/h5-6,8-9,13,16H,7,10-12,22H2,1-4H3,(H,26,27)/t16-/m0/s1. The first-order chi connectivity index (χ1) is 13.5. The third kappa shape index (κ3) is 6.05. The minimum atomic E-state index is -1.08. The van der Waals surface area contributed by atoms with Crippen molar-refractivity contribution in [3.05, 3.63) is 36.0 Å². The molecule has 0 aliphatic carbocycles. The van der Waals surface area contributed by atoms with Gasteiger partial charge in [-0.3, -0.25) is 14.2 Å². The summed E-state index contributed by atoms with van der Waals surface area (Å²) in [7, 11) is 1.63. The van der Waals surface area contributed by atoms with Crippen molar-refractivity contribution in [1.82, 2.24) is 9.47 Å². The van der Waals surface area contributed by atoms with Gasteiger partial charge in [0, 0.05) is 38.0 Å². The normalized spacial score (nSPS) is 12.6. The Morgan fingerprint density at radius 1 is 1.24 bits per heavy atom. The van der Waals surface area contributed by atoms with Crippen LogP contribution in [0, 0.1) is 0 Å². The van der Waals surface area contributed by atoms with Crippen LogP contribution in [0.1, 0.15) is 44.0 Å². The second kappa shape index (κ2) is 9.09. The molecule has 1 aromatic carbocycles. The number of para-hydroxylation sites is 1. The van der Waals surface area contributed by atoms with Crippen molar-refractivity contribution in [3.8, 4) is 0 Å². The van der Waals surface area contributed by atoms with Crippen LogP contribution >= 0.6 is 0 Å². The number of carboxylic acids is 1. The lowest BCUT2D eigenvalue weighted by Gasteiger charge is -2.24. The molecule has 1 amide bonds. The molecule has 0 bridgehead atoms. The monoisotopic (exact) mass is 403 g/mol. The molecule has 1 heterocycles. The highest BCUT2D eigenvalue weighted by atomic mass is 16.6. The van der Waals surface area contributed by atoms with E-state index in [0.717, 1.165) is 10.9 Å². The van der Waals surface area contributed by atoms with Gasteiger partial charge in [-0.1, -0.05) is 18.2 Å². The van der Waals surface area contributed by atoms with E-state index in [0.29, 0.717) is 18.5 Å². The Bertz CT molecular complexity index is 897. The zero-order valence-electron chi connectivity index (χ0n) is 17.3.